The lowest BCUT2D eigenvalue weighted by molar-refractivity contribution is 0.102. The van der Waals surface area contributed by atoms with E-state index in [0.717, 1.165) is 0 Å². The number of amides is 1. The van der Waals surface area contributed by atoms with Crippen molar-refractivity contribution in [1.82, 2.24) is 9.97 Å². The van der Waals surface area contributed by atoms with Crippen molar-refractivity contribution in [2.45, 2.75) is 6.92 Å². The zero-order chi connectivity index (χ0) is 14.0. The van der Waals surface area contributed by atoms with E-state index in [9.17, 15) is 9.59 Å². The molecule has 2 aromatic rings. The maximum Gasteiger partial charge on any atom is 0.276 e. The summed E-state index contributed by atoms with van der Waals surface area (Å²) >= 11 is 0. The first-order chi connectivity index (χ1) is 8.97. The minimum absolute atomic E-state index is 0.00739. The van der Waals surface area contributed by atoms with Gasteiger partial charge in [0, 0.05) is 11.3 Å². The van der Waals surface area contributed by atoms with Crippen LogP contribution in [0.4, 0.5) is 17.3 Å². The largest absolute Gasteiger partial charge is 0.399 e. The summed E-state index contributed by atoms with van der Waals surface area (Å²) < 4.78 is 0. The number of benzene rings is 1. The van der Waals surface area contributed by atoms with Gasteiger partial charge in [-0.05, 0) is 31.2 Å². The molecule has 1 aromatic heterocycles. The number of carbonyl (C=O) groups excluding carboxylic acids is 1. The van der Waals surface area contributed by atoms with Crippen LogP contribution in [0.1, 0.15) is 16.1 Å². The Balaban J connectivity index is 2.29. The van der Waals surface area contributed by atoms with Gasteiger partial charge < -0.3 is 16.8 Å². The second-order valence-corrected chi connectivity index (χ2v) is 3.99. The van der Waals surface area contributed by atoms with Gasteiger partial charge in [0.05, 0.1) is 5.69 Å². The topological polar surface area (TPSA) is 127 Å². The van der Waals surface area contributed by atoms with Crippen LogP contribution in [-0.2, 0) is 0 Å². The molecule has 0 unspecified atom stereocenters. The van der Waals surface area contributed by atoms with Gasteiger partial charge in [-0.2, -0.15) is 0 Å². The van der Waals surface area contributed by atoms with Crippen LogP contribution in [0.3, 0.4) is 0 Å². The molecular formula is C12H13N5O2. The fourth-order valence-corrected chi connectivity index (χ4v) is 1.58. The summed E-state index contributed by atoms with van der Waals surface area (Å²) in [5.41, 5.74) is 11.8. The molecule has 0 bridgehead atoms. The Bertz CT molecular complexity index is 676. The van der Waals surface area contributed by atoms with Crippen LogP contribution in [0, 0.1) is 6.92 Å². The molecule has 7 heteroatoms. The van der Waals surface area contributed by atoms with E-state index in [1.54, 1.807) is 31.2 Å². The number of nitrogens with one attached hydrogen (secondary N) is 2. The van der Waals surface area contributed by atoms with Crippen LogP contribution in [0.2, 0.25) is 0 Å². The Kier molecular flexibility index (Phi) is 3.19. The number of aryl methyl sites for hydroxylation is 1. The second-order valence-electron chi connectivity index (χ2n) is 3.99. The third-order valence-electron chi connectivity index (χ3n) is 2.53. The van der Waals surface area contributed by atoms with Crippen molar-refractivity contribution in [2.24, 2.45) is 0 Å². The number of nitrogens with zero attached hydrogens (tertiary/aromatic N) is 1. The summed E-state index contributed by atoms with van der Waals surface area (Å²) in [4.78, 5) is 29.8. The van der Waals surface area contributed by atoms with E-state index in [2.05, 4.69) is 15.3 Å². The Labute approximate surface area is 108 Å². The Hall–Kier alpha value is -2.83. The summed E-state index contributed by atoms with van der Waals surface area (Å²) in [6, 6.07) is 6.35. The average Bonchev–Trinajstić information content (AvgIpc) is 2.34. The zero-order valence-corrected chi connectivity index (χ0v) is 10.2. The lowest BCUT2D eigenvalue weighted by Gasteiger charge is -2.07. The maximum absolute atomic E-state index is 12.0. The molecule has 0 spiro atoms. The molecule has 0 aliphatic heterocycles. The number of nitrogens with two attached hydrogens (primary N) is 2. The SMILES string of the molecule is Cc1nc(N)[nH]c(=O)c1NC(=O)c1ccc(N)cc1. The van der Waals surface area contributed by atoms with E-state index in [4.69, 9.17) is 11.5 Å². The molecule has 0 aliphatic carbocycles. The highest BCUT2D eigenvalue weighted by molar-refractivity contribution is 6.04. The number of H-pyrrole nitrogens is 1. The summed E-state index contributed by atoms with van der Waals surface area (Å²) in [7, 11) is 0. The average molecular weight is 259 g/mol. The van der Waals surface area contributed by atoms with Crippen LogP contribution in [0.15, 0.2) is 29.1 Å². The Morgan fingerprint density at radius 1 is 1.26 bits per heavy atom. The van der Waals surface area contributed by atoms with Crippen LogP contribution >= 0.6 is 0 Å². The molecular weight excluding hydrogens is 246 g/mol. The Morgan fingerprint density at radius 3 is 2.47 bits per heavy atom. The lowest BCUT2D eigenvalue weighted by Crippen LogP contribution is -2.23. The fourth-order valence-electron chi connectivity index (χ4n) is 1.58. The highest BCUT2D eigenvalue weighted by Gasteiger charge is 2.12. The van der Waals surface area contributed by atoms with Crippen LogP contribution in [0.25, 0.3) is 0 Å². The molecule has 0 atom stereocenters. The predicted octanol–water partition coefficient (Wildman–Crippen LogP) is 0.495. The van der Waals surface area contributed by atoms with Crippen molar-refractivity contribution in [3.05, 3.63) is 45.9 Å². The highest BCUT2D eigenvalue weighted by atomic mass is 16.2. The van der Waals surface area contributed by atoms with Gasteiger partial charge in [0.25, 0.3) is 11.5 Å². The first-order valence-electron chi connectivity index (χ1n) is 5.50. The van der Waals surface area contributed by atoms with E-state index < -0.39 is 11.5 Å². The molecule has 19 heavy (non-hydrogen) atoms. The van der Waals surface area contributed by atoms with Gasteiger partial charge in [-0.1, -0.05) is 0 Å². The molecule has 1 amide bonds. The number of aromatic nitrogens is 2. The number of aromatic amines is 1. The van der Waals surface area contributed by atoms with Crippen molar-refractivity contribution in [2.75, 3.05) is 16.8 Å². The molecule has 0 fully saturated rings. The minimum Gasteiger partial charge on any atom is -0.399 e. The predicted molar refractivity (Wildman–Crippen MR) is 72.8 cm³/mol. The van der Waals surface area contributed by atoms with Crippen LogP contribution in [0.5, 0.6) is 0 Å². The second kappa shape index (κ2) is 4.81. The summed E-state index contributed by atoms with van der Waals surface area (Å²) in [5.74, 6) is -0.409. The molecule has 7 nitrogen and oxygen atoms in total. The number of rotatable bonds is 2. The van der Waals surface area contributed by atoms with Gasteiger partial charge in [-0.15, -0.1) is 0 Å². The molecule has 98 valence electrons. The van der Waals surface area contributed by atoms with Gasteiger partial charge in [-0.25, -0.2) is 4.98 Å². The smallest absolute Gasteiger partial charge is 0.276 e. The molecule has 0 aliphatic rings. The Morgan fingerprint density at radius 2 is 1.89 bits per heavy atom. The number of nitrogen functional groups attached to an aromatic ring is 2. The lowest BCUT2D eigenvalue weighted by atomic mass is 10.2. The first-order valence-corrected chi connectivity index (χ1v) is 5.50. The number of carbonyl (C=O) groups is 1. The van der Waals surface area contributed by atoms with E-state index >= 15 is 0 Å². The van der Waals surface area contributed by atoms with Crippen LogP contribution in [-0.4, -0.2) is 15.9 Å². The van der Waals surface area contributed by atoms with Crippen molar-refractivity contribution >= 4 is 23.2 Å². The van der Waals surface area contributed by atoms with Gasteiger partial charge >= 0.3 is 0 Å². The van der Waals surface area contributed by atoms with E-state index in [1.807, 2.05) is 0 Å². The molecule has 0 saturated carbocycles. The number of hydrogen-bond acceptors (Lipinski definition) is 5. The quantitative estimate of drug-likeness (QED) is 0.584. The molecule has 1 heterocycles. The number of anilines is 3. The zero-order valence-electron chi connectivity index (χ0n) is 10.2. The van der Waals surface area contributed by atoms with Crippen molar-refractivity contribution in [1.29, 1.82) is 0 Å². The fraction of sp³-hybridized carbons (Fsp3) is 0.0833. The van der Waals surface area contributed by atoms with E-state index in [1.165, 1.54) is 0 Å². The molecule has 0 radical (unpaired) electrons. The third-order valence-corrected chi connectivity index (χ3v) is 2.53. The van der Waals surface area contributed by atoms with Crippen molar-refractivity contribution < 1.29 is 4.79 Å². The molecule has 2 rings (SSSR count). The summed E-state index contributed by atoms with van der Waals surface area (Å²) in [6.07, 6.45) is 0. The van der Waals surface area contributed by atoms with Gasteiger partial charge in [0.15, 0.2) is 0 Å². The van der Waals surface area contributed by atoms with Gasteiger partial charge in [0.2, 0.25) is 5.95 Å². The number of hydrogen-bond donors (Lipinski definition) is 4. The van der Waals surface area contributed by atoms with Crippen molar-refractivity contribution in [3.8, 4) is 0 Å². The van der Waals surface area contributed by atoms with Crippen LogP contribution < -0.4 is 22.3 Å². The minimum atomic E-state index is -0.492. The summed E-state index contributed by atoms with van der Waals surface area (Å²) in [5, 5.41) is 2.50. The van der Waals surface area contributed by atoms with Gasteiger partial charge in [-0.3, -0.25) is 14.6 Å². The maximum atomic E-state index is 12.0. The van der Waals surface area contributed by atoms with Crippen molar-refractivity contribution in [3.63, 3.8) is 0 Å². The van der Waals surface area contributed by atoms with E-state index in [0.29, 0.717) is 16.9 Å². The summed E-state index contributed by atoms with van der Waals surface area (Å²) in [6.45, 7) is 1.59. The highest BCUT2D eigenvalue weighted by Crippen LogP contribution is 2.10. The van der Waals surface area contributed by atoms with E-state index in [-0.39, 0.29) is 11.6 Å². The molecule has 6 N–H and O–H groups in total. The molecule has 0 saturated heterocycles. The third kappa shape index (κ3) is 2.71. The molecule has 1 aromatic carbocycles. The first kappa shape index (κ1) is 12.6. The standard InChI is InChI=1S/C12H13N5O2/c1-6-9(11(19)17-12(14)15-6)16-10(18)7-2-4-8(13)5-3-7/h2-5H,13H2,1H3,(H,16,18)(H3,14,15,17,19). The van der Waals surface area contributed by atoms with Gasteiger partial charge in [0.1, 0.15) is 5.69 Å². The normalized spacial score (nSPS) is 10.2. The monoisotopic (exact) mass is 259 g/mol.